The van der Waals surface area contributed by atoms with Gasteiger partial charge in [0.15, 0.2) is 6.61 Å². The molecule has 0 aliphatic rings. The number of ether oxygens (including phenoxy) is 1. The first-order valence-electron chi connectivity index (χ1n) is 4.75. The van der Waals surface area contributed by atoms with Crippen LogP contribution in [0.15, 0.2) is 24.3 Å². The van der Waals surface area contributed by atoms with Gasteiger partial charge in [-0.1, -0.05) is 12.1 Å². The molecule has 15 heavy (non-hydrogen) atoms. The van der Waals surface area contributed by atoms with Gasteiger partial charge in [0, 0.05) is 13.0 Å². The largest absolute Gasteiger partial charge is 0.487 e. The van der Waals surface area contributed by atoms with Crippen LogP contribution in [0.3, 0.4) is 0 Å². The third-order valence-corrected chi connectivity index (χ3v) is 1.90. The number of nitrogens with two attached hydrogens (primary N) is 1. The van der Waals surface area contributed by atoms with Crippen LogP contribution in [0.2, 0.25) is 0 Å². The second kappa shape index (κ2) is 4.57. The Bertz CT molecular complexity index is 303. The van der Waals surface area contributed by atoms with E-state index in [1.807, 2.05) is 6.92 Å². The van der Waals surface area contributed by atoms with Crippen molar-refractivity contribution in [3.05, 3.63) is 29.8 Å². The lowest BCUT2D eigenvalue weighted by Crippen LogP contribution is -2.20. The quantitative estimate of drug-likeness (QED) is 0.838. The highest BCUT2D eigenvalue weighted by Crippen LogP contribution is 2.19. The predicted octanol–water partition coefficient (Wildman–Crippen LogP) is 2.74. The van der Waals surface area contributed by atoms with E-state index in [9.17, 15) is 8.78 Å². The van der Waals surface area contributed by atoms with Crippen LogP contribution in [0.25, 0.3) is 0 Å². The fourth-order valence-electron chi connectivity index (χ4n) is 1.08. The van der Waals surface area contributed by atoms with Crippen LogP contribution in [0.5, 0.6) is 5.75 Å². The van der Waals surface area contributed by atoms with Crippen molar-refractivity contribution in [3.63, 3.8) is 0 Å². The van der Waals surface area contributed by atoms with Gasteiger partial charge in [-0.25, -0.2) is 8.78 Å². The molecule has 0 saturated carbocycles. The van der Waals surface area contributed by atoms with Crippen molar-refractivity contribution < 1.29 is 13.5 Å². The zero-order chi connectivity index (χ0) is 11.5. The molecule has 0 fully saturated rings. The van der Waals surface area contributed by atoms with Crippen molar-refractivity contribution in [3.8, 4) is 5.75 Å². The highest BCUT2D eigenvalue weighted by Gasteiger charge is 2.21. The summed E-state index contributed by atoms with van der Waals surface area (Å²) in [5.74, 6) is -2.37. The molecule has 84 valence electrons. The Morgan fingerprint density at radius 3 is 2.27 bits per heavy atom. The maximum absolute atomic E-state index is 12.5. The summed E-state index contributed by atoms with van der Waals surface area (Å²) in [5.41, 5.74) is 6.60. The topological polar surface area (TPSA) is 35.2 Å². The van der Waals surface area contributed by atoms with Gasteiger partial charge in [-0.3, -0.25) is 0 Å². The first-order valence-corrected chi connectivity index (χ1v) is 4.75. The molecule has 0 aromatic heterocycles. The van der Waals surface area contributed by atoms with Crippen LogP contribution >= 0.6 is 0 Å². The minimum absolute atomic E-state index is 0.0633. The minimum atomic E-state index is -2.81. The van der Waals surface area contributed by atoms with E-state index in [0.717, 1.165) is 12.5 Å². The van der Waals surface area contributed by atoms with E-state index in [0.29, 0.717) is 5.75 Å². The zero-order valence-electron chi connectivity index (χ0n) is 8.84. The van der Waals surface area contributed by atoms with Gasteiger partial charge in [-0.15, -0.1) is 0 Å². The third kappa shape index (κ3) is 4.25. The van der Waals surface area contributed by atoms with Gasteiger partial charge in [0.25, 0.3) is 5.92 Å². The summed E-state index contributed by atoms with van der Waals surface area (Å²) >= 11 is 0. The standard InChI is InChI=1S/C11H15F2NO/c1-8(14)9-3-5-10(6-4-9)15-7-11(2,12)13/h3-6,8H,7,14H2,1-2H3. The first kappa shape index (κ1) is 11.9. The second-order valence-electron chi connectivity index (χ2n) is 3.72. The lowest BCUT2D eigenvalue weighted by atomic mass is 10.1. The zero-order valence-corrected chi connectivity index (χ0v) is 8.84. The van der Waals surface area contributed by atoms with Crippen LogP contribution in [0.1, 0.15) is 25.5 Å². The van der Waals surface area contributed by atoms with Crippen LogP contribution < -0.4 is 10.5 Å². The van der Waals surface area contributed by atoms with Crippen molar-refractivity contribution in [2.75, 3.05) is 6.61 Å². The molecule has 0 radical (unpaired) electrons. The van der Waals surface area contributed by atoms with Crippen molar-refractivity contribution >= 4 is 0 Å². The third-order valence-electron chi connectivity index (χ3n) is 1.90. The molecule has 1 aromatic rings. The molecule has 0 aliphatic heterocycles. The Balaban J connectivity index is 2.57. The molecule has 1 unspecified atom stereocenters. The van der Waals surface area contributed by atoms with Gasteiger partial charge in [0.2, 0.25) is 0 Å². The number of rotatable bonds is 4. The van der Waals surface area contributed by atoms with Crippen LogP contribution in [0.4, 0.5) is 8.78 Å². The molecule has 4 heteroatoms. The van der Waals surface area contributed by atoms with Gasteiger partial charge >= 0.3 is 0 Å². The van der Waals surface area contributed by atoms with E-state index in [-0.39, 0.29) is 6.04 Å². The van der Waals surface area contributed by atoms with Crippen molar-refractivity contribution in [2.45, 2.75) is 25.8 Å². The van der Waals surface area contributed by atoms with E-state index >= 15 is 0 Å². The summed E-state index contributed by atoms with van der Waals surface area (Å²) in [5, 5.41) is 0. The second-order valence-corrected chi connectivity index (χ2v) is 3.72. The number of alkyl halides is 2. The van der Waals surface area contributed by atoms with Crippen molar-refractivity contribution in [1.29, 1.82) is 0 Å². The van der Waals surface area contributed by atoms with E-state index in [2.05, 4.69) is 0 Å². The number of hydrogen-bond acceptors (Lipinski definition) is 2. The Labute approximate surface area is 88.0 Å². The SMILES string of the molecule is CC(N)c1ccc(OCC(C)(F)F)cc1. The molecule has 1 rings (SSSR count). The maximum Gasteiger partial charge on any atom is 0.278 e. The lowest BCUT2D eigenvalue weighted by molar-refractivity contribution is -0.0229. The molecular formula is C11H15F2NO. The highest BCUT2D eigenvalue weighted by atomic mass is 19.3. The molecule has 0 bridgehead atoms. The summed E-state index contributed by atoms with van der Waals surface area (Å²) in [7, 11) is 0. The fourth-order valence-corrected chi connectivity index (χ4v) is 1.08. The highest BCUT2D eigenvalue weighted by molar-refractivity contribution is 5.28. The summed E-state index contributed by atoms with van der Waals surface area (Å²) in [4.78, 5) is 0. The molecule has 2 N–H and O–H groups in total. The van der Waals surface area contributed by atoms with Gasteiger partial charge < -0.3 is 10.5 Å². The van der Waals surface area contributed by atoms with Gasteiger partial charge in [-0.2, -0.15) is 0 Å². The molecule has 0 saturated heterocycles. The number of benzene rings is 1. The van der Waals surface area contributed by atoms with E-state index in [1.54, 1.807) is 24.3 Å². The normalized spacial score (nSPS) is 13.7. The molecule has 1 atom stereocenters. The summed E-state index contributed by atoms with van der Waals surface area (Å²) in [6, 6.07) is 6.77. The Morgan fingerprint density at radius 1 is 1.33 bits per heavy atom. The summed E-state index contributed by atoms with van der Waals surface area (Å²) < 4.78 is 29.9. The van der Waals surface area contributed by atoms with Gasteiger partial charge in [0.05, 0.1) is 0 Å². The Morgan fingerprint density at radius 2 is 1.87 bits per heavy atom. The molecule has 0 heterocycles. The van der Waals surface area contributed by atoms with Gasteiger partial charge in [0.1, 0.15) is 5.75 Å². The molecule has 1 aromatic carbocycles. The van der Waals surface area contributed by atoms with E-state index in [1.165, 1.54) is 0 Å². The molecule has 0 spiro atoms. The molecular weight excluding hydrogens is 200 g/mol. The van der Waals surface area contributed by atoms with Crippen molar-refractivity contribution in [2.24, 2.45) is 5.73 Å². The average molecular weight is 215 g/mol. The fraction of sp³-hybridized carbons (Fsp3) is 0.455. The smallest absolute Gasteiger partial charge is 0.278 e. The number of hydrogen-bond donors (Lipinski definition) is 1. The molecule has 0 amide bonds. The predicted molar refractivity (Wildman–Crippen MR) is 55.2 cm³/mol. The maximum atomic E-state index is 12.5. The van der Waals surface area contributed by atoms with Crippen molar-refractivity contribution in [1.82, 2.24) is 0 Å². The van der Waals surface area contributed by atoms with Crippen LogP contribution in [-0.2, 0) is 0 Å². The first-order chi connectivity index (χ1) is 6.88. The summed E-state index contributed by atoms with van der Waals surface area (Å²) in [6.45, 7) is 2.07. The van der Waals surface area contributed by atoms with Crippen LogP contribution in [-0.4, -0.2) is 12.5 Å². The monoisotopic (exact) mass is 215 g/mol. The van der Waals surface area contributed by atoms with E-state index < -0.39 is 12.5 Å². The summed E-state index contributed by atoms with van der Waals surface area (Å²) in [6.07, 6.45) is 0. The molecule has 2 nitrogen and oxygen atoms in total. The van der Waals surface area contributed by atoms with E-state index in [4.69, 9.17) is 10.5 Å². The van der Waals surface area contributed by atoms with Gasteiger partial charge in [-0.05, 0) is 24.6 Å². The Kier molecular flexibility index (Phi) is 3.63. The minimum Gasteiger partial charge on any atom is -0.487 e. The van der Waals surface area contributed by atoms with Crippen LogP contribution in [0, 0.1) is 0 Å². The lowest BCUT2D eigenvalue weighted by Gasteiger charge is -2.12. The Hall–Kier alpha value is -1.16. The average Bonchev–Trinajstić information content (AvgIpc) is 2.14. The number of halogens is 2. The molecule has 0 aliphatic carbocycles.